The molecule has 8 heteroatoms. The van der Waals surface area contributed by atoms with Gasteiger partial charge in [0.2, 0.25) is 0 Å². The predicted octanol–water partition coefficient (Wildman–Crippen LogP) is 5.68. The zero-order valence-electron chi connectivity index (χ0n) is 19.0. The number of para-hydroxylation sites is 1. The predicted molar refractivity (Wildman–Crippen MR) is 132 cm³/mol. The Balaban J connectivity index is 1.60. The number of pyridine rings is 1. The van der Waals surface area contributed by atoms with Crippen molar-refractivity contribution in [2.45, 2.75) is 17.8 Å². The Hall–Kier alpha value is -3.91. The summed E-state index contributed by atoms with van der Waals surface area (Å²) < 4.78 is 12.5. The number of furan rings is 1. The summed E-state index contributed by atoms with van der Waals surface area (Å²) in [5.41, 5.74) is 4.57. The molecule has 0 aliphatic rings. The van der Waals surface area contributed by atoms with Gasteiger partial charge in [0, 0.05) is 23.8 Å². The minimum absolute atomic E-state index is 0.416. The number of hydrogen-bond acceptors (Lipinski definition) is 7. The molecule has 3 heterocycles. The monoisotopic (exact) mass is 470 g/mol. The first-order chi connectivity index (χ1) is 16.6. The summed E-state index contributed by atoms with van der Waals surface area (Å²) in [6, 6.07) is 19.6. The van der Waals surface area contributed by atoms with E-state index < -0.39 is 5.97 Å². The standard InChI is InChI=1S/C26H22N4O3S/c1-16-18(13-14-33-16)24-28-29-26(30(24)2)34-15-21-23(25(31)32-3)22(17-9-5-4-6-10-17)19-11-7-8-12-20(19)27-21/h4-14H,15H2,1-3H3. The number of carbonyl (C=O) groups excluding carboxylic acids is 1. The molecule has 0 aliphatic carbocycles. The molecule has 7 nitrogen and oxygen atoms in total. The number of nitrogens with zero attached hydrogens (tertiary/aromatic N) is 4. The zero-order valence-corrected chi connectivity index (χ0v) is 19.8. The largest absolute Gasteiger partial charge is 0.469 e. The second-order valence-electron chi connectivity index (χ2n) is 7.73. The molecule has 0 bridgehead atoms. The lowest BCUT2D eigenvalue weighted by molar-refractivity contribution is 0.0600. The second kappa shape index (κ2) is 9.15. The number of esters is 1. The molecule has 0 atom stereocenters. The van der Waals surface area contributed by atoms with Crippen molar-refractivity contribution < 1.29 is 13.9 Å². The third kappa shape index (κ3) is 3.86. The number of aromatic nitrogens is 4. The highest BCUT2D eigenvalue weighted by Gasteiger charge is 2.24. The van der Waals surface area contributed by atoms with Crippen LogP contribution in [0.5, 0.6) is 0 Å². The van der Waals surface area contributed by atoms with Crippen molar-refractivity contribution in [2.75, 3.05) is 7.11 Å². The van der Waals surface area contributed by atoms with Crippen LogP contribution in [0.4, 0.5) is 0 Å². The third-order valence-corrected chi connectivity index (χ3v) is 6.72. The lowest BCUT2D eigenvalue weighted by Gasteiger charge is -2.16. The van der Waals surface area contributed by atoms with Crippen LogP contribution in [0.2, 0.25) is 0 Å². The van der Waals surface area contributed by atoms with E-state index in [2.05, 4.69) is 10.2 Å². The average molecular weight is 471 g/mol. The molecule has 0 N–H and O–H groups in total. The van der Waals surface area contributed by atoms with E-state index in [1.165, 1.54) is 18.9 Å². The van der Waals surface area contributed by atoms with Crippen LogP contribution in [-0.2, 0) is 17.5 Å². The number of methoxy groups -OCH3 is 1. The van der Waals surface area contributed by atoms with Gasteiger partial charge in [-0.15, -0.1) is 10.2 Å². The normalized spacial score (nSPS) is 11.1. The Morgan fingerprint density at radius 3 is 2.56 bits per heavy atom. The fourth-order valence-electron chi connectivity index (χ4n) is 4.02. The highest BCUT2D eigenvalue weighted by molar-refractivity contribution is 7.98. The molecule has 0 saturated carbocycles. The van der Waals surface area contributed by atoms with Gasteiger partial charge in [-0.1, -0.05) is 60.3 Å². The van der Waals surface area contributed by atoms with Crippen LogP contribution in [0.15, 0.2) is 76.5 Å². The molecule has 2 aromatic carbocycles. The van der Waals surface area contributed by atoms with Crippen LogP contribution in [0.1, 0.15) is 21.8 Å². The van der Waals surface area contributed by atoms with Crippen molar-refractivity contribution in [3.8, 4) is 22.5 Å². The van der Waals surface area contributed by atoms with Gasteiger partial charge >= 0.3 is 5.97 Å². The van der Waals surface area contributed by atoms with Crippen molar-refractivity contribution in [2.24, 2.45) is 7.05 Å². The van der Waals surface area contributed by atoms with E-state index in [9.17, 15) is 4.79 Å². The number of benzene rings is 2. The molecule has 3 aromatic heterocycles. The Morgan fingerprint density at radius 2 is 1.82 bits per heavy atom. The highest BCUT2D eigenvalue weighted by atomic mass is 32.2. The summed E-state index contributed by atoms with van der Waals surface area (Å²) in [6.07, 6.45) is 1.64. The van der Waals surface area contributed by atoms with Gasteiger partial charge in [-0.25, -0.2) is 4.79 Å². The maximum atomic E-state index is 13.0. The Bertz CT molecular complexity index is 1490. The number of rotatable bonds is 6. The van der Waals surface area contributed by atoms with Crippen LogP contribution in [-0.4, -0.2) is 32.8 Å². The van der Waals surface area contributed by atoms with Crippen LogP contribution >= 0.6 is 11.8 Å². The van der Waals surface area contributed by atoms with E-state index in [1.54, 1.807) is 6.26 Å². The zero-order chi connectivity index (χ0) is 23.7. The van der Waals surface area contributed by atoms with Crippen molar-refractivity contribution in [3.63, 3.8) is 0 Å². The average Bonchev–Trinajstić information content (AvgIpc) is 3.46. The van der Waals surface area contributed by atoms with Crippen molar-refractivity contribution in [3.05, 3.63) is 83.9 Å². The molecule has 0 fully saturated rings. The Morgan fingerprint density at radius 1 is 1.06 bits per heavy atom. The maximum absolute atomic E-state index is 13.0. The van der Waals surface area contributed by atoms with Crippen molar-refractivity contribution in [1.29, 1.82) is 0 Å². The Kier molecular flexibility index (Phi) is 5.90. The molecule has 0 spiro atoms. The first-order valence-corrected chi connectivity index (χ1v) is 11.7. The smallest absolute Gasteiger partial charge is 0.340 e. The molecule has 0 unspecified atom stereocenters. The van der Waals surface area contributed by atoms with Crippen molar-refractivity contribution in [1.82, 2.24) is 19.7 Å². The van der Waals surface area contributed by atoms with Gasteiger partial charge < -0.3 is 13.7 Å². The van der Waals surface area contributed by atoms with E-state index in [0.717, 1.165) is 39.2 Å². The first-order valence-electron chi connectivity index (χ1n) is 10.7. The number of aryl methyl sites for hydroxylation is 1. The lowest BCUT2D eigenvalue weighted by atomic mass is 9.94. The number of carbonyl (C=O) groups is 1. The molecule has 5 aromatic rings. The molecule has 0 amide bonds. The Labute approximate surface area is 200 Å². The van der Waals surface area contributed by atoms with E-state index in [4.69, 9.17) is 14.1 Å². The van der Waals surface area contributed by atoms with Gasteiger partial charge in [0.05, 0.1) is 35.7 Å². The van der Waals surface area contributed by atoms with Gasteiger partial charge in [-0.2, -0.15) is 0 Å². The van der Waals surface area contributed by atoms with E-state index >= 15 is 0 Å². The SMILES string of the molecule is COC(=O)c1c(CSc2nnc(-c3ccoc3C)n2C)nc2ccccc2c1-c1ccccc1. The quantitative estimate of drug-likeness (QED) is 0.233. The van der Waals surface area contributed by atoms with Crippen LogP contribution < -0.4 is 0 Å². The summed E-state index contributed by atoms with van der Waals surface area (Å²) >= 11 is 1.47. The molecule has 0 saturated heterocycles. The summed E-state index contributed by atoms with van der Waals surface area (Å²) in [4.78, 5) is 17.9. The second-order valence-corrected chi connectivity index (χ2v) is 8.67. The molecular formula is C26H22N4O3S. The molecule has 0 aliphatic heterocycles. The minimum Gasteiger partial charge on any atom is -0.469 e. The summed E-state index contributed by atoms with van der Waals surface area (Å²) in [6.45, 7) is 1.89. The van der Waals surface area contributed by atoms with Gasteiger partial charge in [0.25, 0.3) is 0 Å². The van der Waals surface area contributed by atoms with E-state index in [-0.39, 0.29) is 0 Å². The number of hydrogen-bond donors (Lipinski definition) is 0. The number of fused-ring (bicyclic) bond motifs is 1. The first kappa shape index (κ1) is 21.9. The van der Waals surface area contributed by atoms with E-state index in [1.807, 2.05) is 79.2 Å². The van der Waals surface area contributed by atoms with Crippen LogP contribution in [0, 0.1) is 6.92 Å². The summed E-state index contributed by atoms with van der Waals surface area (Å²) in [7, 11) is 3.31. The van der Waals surface area contributed by atoms with Gasteiger partial charge in [0.15, 0.2) is 11.0 Å². The van der Waals surface area contributed by atoms with Crippen molar-refractivity contribution >= 4 is 28.6 Å². The topological polar surface area (TPSA) is 83.0 Å². The molecule has 0 radical (unpaired) electrons. The van der Waals surface area contributed by atoms with Gasteiger partial charge in [-0.05, 0) is 24.6 Å². The van der Waals surface area contributed by atoms with Gasteiger partial charge in [-0.3, -0.25) is 4.98 Å². The van der Waals surface area contributed by atoms with E-state index in [0.29, 0.717) is 22.2 Å². The molecular weight excluding hydrogens is 448 g/mol. The molecule has 170 valence electrons. The maximum Gasteiger partial charge on any atom is 0.340 e. The molecule has 5 rings (SSSR count). The molecule has 34 heavy (non-hydrogen) atoms. The lowest BCUT2D eigenvalue weighted by Crippen LogP contribution is -2.10. The minimum atomic E-state index is -0.416. The van der Waals surface area contributed by atoms with Gasteiger partial charge in [0.1, 0.15) is 5.76 Å². The fourth-order valence-corrected chi connectivity index (χ4v) is 4.87. The number of ether oxygens (including phenoxy) is 1. The third-order valence-electron chi connectivity index (χ3n) is 5.69. The number of thioether (sulfide) groups is 1. The summed E-state index contributed by atoms with van der Waals surface area (Å²) in [5, 5.41) is 10.3. The summed E-state index contributed by atoms with van der Waals surface area (Å²) in [5.74, 6) is 1.51. The van der Waals surface area contributed by atoms with Crippen LogP contribution in [0.25, 0.3) is 33.4 Å². The van der Waals surface area contributed by atoms with Crippen LogP contribution in [0.3, 0.4) is 0 Å². The fraction of sp³-hybridized carbons (Fsp3) is 0.154. The highest BCUT2D eigenvalue weighted by Crippen LogP contribution is 2.36.